The third-order valence-electron chi connectivity index (χ3n) is 4.84. The molecule has 3 aromatic rings. The maximum Gasteiger partial charge on any atom is 0.275 e. The Morgan fingerprint density at radius 2 is 1.86 bits per heavy atom. The second-order valence-corrected chi connectivity index (χ2v) is 6.81. The molecule has 4 rings (SSSR count). The summed E-state index contributed by atoms with van der Waals surface area (Å²) in [6, 6.07) is 11.1. The molecule has 0 radical (unpaired) electrons. The largest absolute Gasteiger partial charge is 0.497 e. The van der Waals surface area contributed by atoms with Gasteiger partial charge in [-0.2, -0.15) is 5.10 Å². The van der Waals surface area contributed by atoms with Gasteiger partial charge in [-0.05, 0) is 43.0 Å². The van der Waals surface area contributed by atoms with E-state index < -0.39 is 0 Å². The normalized spacial score (nSPS) is 13.2. The number of nitrogens with one attached hydrogen (secondary N) is 1. The molecule has 7 nitrogen and oxygen atoms in total. The van der Waals surface area contributed by atoms with Crippen molar-refractivity contribution in [2.45, 2.75) is 18.8 Å². The van der Waals surface area contributed by atoms with Gasteiger partial charge < -0.3 is 14.8 Å². The summed E-state index contributed by atoms with van der Waals surface area (Å²) < 4.78 is 12.3. The molecule has 1 aliphatic carbocycles. The number of benzene rings is 1. The fourth-order valence-electron chi connectivity index (χ4n) is 3.22. The highest BCUT2D eigenvalue weighted by atomic mass is 16.5. The highest BCUT2D eigenvalue weighted by Gasteiger charge is 2.31. The topological polar surface area (TPSA) is 78.3 Å². The molecule has 28 heavy (non-hydrogen) atoms. The minimum Gasteiger partial charge on any atom is -0.497 e. The molecule has 0 spiro atoms. The third kappa shape index (κ3) is 3.55. The Labute approximate surface area is 163 Å². The van der Waals surface area contributed by atoms with Crippen LogP contribution < -0.4 is 14.8 Å². The maximum absolute atomic E-state index is 12.8. The number of pyridine rings is 1. The first kappa shape index (κ1) is 18.0. The molecule has 0 aliphatic heterocycles. The van der Waals surface area contributed by atoms with Gasteiger partial charge in [0.05, 0.1) is 26.1 Å². The molecule has 1 saturated carbocycles. The Balaban J connectivity index is 1.61. The summed E-state index contributed by atoms with van der Waals surface area (Å²) in [4.78, 5) is 17.4. The molecule has 7 heteroatoms. The number of ether oxygens (including phenoxy) is 2. The van der Waals surface area contributed by atoms with Crippen molar-refractivity contribution in [3.8, 4) is 22.8 Å². The van der Waals surface area contributed by atoms with Crippen molar-refractivity contribution in [2.75, 3.05) is 19.5 Å². The quantitative estimate of drug-likeness (QED) is 0.709. The van der Waals surface area contributed by atoms with E-state index in [0.717, 1.165) is 24.0 Å². The number of hydrogen-bond donors (Lipinski definition) is 1. The van der Waals surface area contributed by atoms with Crippen LogP contribution in [0.5, 0.6) is 11.5 Å². The molecule has 0 bridgehead atoms. The number of hydrogen-bond acceptors (Lipinski definition) is 5. The predicted molar refractivity (Wildman–Crippen MR) is 106 cm³/mol. The van der Waals surface area contributed by atoms with E-state index in [1.807, 2.05) is 24.3 Å². The van der Waals surface area contributed by atoms with Gasteiger partial charge >= 0.3 is 0 Å². The summed E-state index contributed by atoms with van der Waals surface area (Å²) in [7, 11) is 5.00. The maximum atomic E-state index is 12.8. The third-order valence-corrected chi connectivity index (χ3v) is 4.84. The van der Waals surface area contributed by atoms with Crippen LogP contribution in [0.15, 0.2) is 42.6 Å². The summed E-state index contributed by atoms with van der Waals surface area (Å²) in [6.07, 6.45) is 4.01. The zero-order valence-corrected chi connectivity index (χ0v) is 16.1. The van der Waals surface area contributed by atoms with Crippen molar-refractivity contribution in [1.82, 2.24) is 14.8 Å². The number of amides is 1. The van der Waals surface area contributed by atoms with Gasteiger partial charge in [-0.25, -0.2) is 4.98 Å². The standard InChI is InChI=1S/C21H22N4O3/c1-25-20(17(12-22-25)13-7-8-13)21(26)24-19-6-4-5-18(23-19)14-9-15(27-2)11-16(10-14)28-3/h4-6,9-13H,7-8H2,1-3H3,(H,23,24,26). The van der Waals surface area contributed by atoms with Gasteiger partial charge in [0.15, 0.2) is 0 Å². The monoisotopic (exact) mass is 378 g/mol. The van der Waals surface area contributed by atoms with E-state index in [9.17, 15) is 4.79 Å². The van der Waals surface area contributed by atoms with Gasteiger partial charge in [0.2, 0.25) is 0 Å². The van der Waals surface area contributed by atoms with Gasteiger partial charge in [0.25, 0.3) is 5.91 Å². The summed E-state index contributed by atoms with van der Waals surface area (Å²) in [5, 5.41) is 7.15. The van der Waals surface area contributed by atoms with Crippen molar-refractivity contribution in [3.63, 3.8) is 0 Å². The van der Waals surface area contributed by atoms with Gasteiger partial charge in [-0.15, -0.1) is 0 Å². The van der Waals surface area contributed by atoms with E-state index in [0.29, 0.717) is 34.6 Å². The second-order valence-electron chi connectivity index (χ2n) is 6.81. The summed E-state index contributed by atoms with van der Waals surface area (Å²) in [5.74, 6) is 2.07. The number of carbonyl (C=O) groups is 1. The zero-order chi connectivity index (χ0) is 19.7. The molecule has 1 fully saturated rings. The molecular weight excluding hydrogens is 356 g/mol. The van der Waals surface area contributed by atoms with Crippen molar-refractivity contribution < 1.29 is 14.3 Å². The number of anilines is 1. The molecule has 1 aromatic carbocycles. The molecule has 144 valence electrons. The second kappa shape index (κ2) is 7.34. The van der Waals surface area contributed by atoms with Gasteiger partial charge in [-0.3, -0.25) is 9.48 Å². The van der Waals surface area contributed by atoms with Gasteiger partial charge in [0, 0.05) is 24.2 Å². The fourth-order valence-corrected chi connectivity index (χ4v) is 3.22. The van der Waals surface area contributed by atoms with Crippen molar-refractivity contribution in [2.24, 2.45) is 7.05 Å². The predicted octanol–water partition coefficient (Wildman–Crippen LogP) is 3.63. The first-order valence-corrected chi connectivity index (χ1v) is 9.13. The molecular formula is C21H22N4O3. The minimum atomic E-state index is -0.199. The van der Waals surface area contributed by atoms with Crippen LogP contribution in [0.3, 0.4) is 0 Å². The SMILES string of the molecule is COc1cc(OC)cc(-c2cccc(NC(=O)c3c(C4CC4)cnn3C)n2)c1. The Bertz CT molecular complexity index is 1000. The van der Waals surface area contributed by atoms with Crippen LogP contribution in [-0.2, 0) is 7.05 Å². The van der Waals surface area contributed by atoms with Gasteiger partial charge in [0.1, 0.15) is 23.0 Å². The molecule has 0 saturated heterocycles. The van der Waals surface area contributed by atoms with Crippen LogP contribution in [0.25, 0.3) is 11.3 Å². The van der Waals surface area contributed by atoms with E-state index in [1.165, 1.54) is 0 Å². The van der Waals surface area contributed by atoms with Crippen LogP contribution in [0.1, 0.15) is 34.8 Å². The number of rotatable bonds is 6. The Morgan fingerprint density at radius 3 is 2.50 bits per heavy atom. The van der Waals surface area contributed by atoms with E-state index in [4.69, 9.17) is 9.47 Å². The van der Waals surface area contributed by atoms with E-state index in [-0.39, 0.29) is 5.91 Å². The number of aryl methyl sites for hydroxylation is 1. The lowest BCUT2D eigenvalue weighted by Crippen LogP contribution is -2.18. The Hall–Kier alpha value is -3.35. The average molecular weight is 378 g/mol. The molecule has 2 aromatic heterocycles. The molecule has 2 heterocycles. The highest BCUT2D eigenvalue weighted by Crippen LogP contribution is 2.41. The lowest BCUT2D eigenvalue weighted by Gasteiger charge is -2.10. The number of methoxy groups -OCH3 is 2. The zero-order valence-electron chi connectivity index (χ0n) is 16.1. The first-order valence-electron chi connectivity index (χ1n) is 9.13. The number of nitrogens with zero attached hydrogens (tertiary/aromatic N) is 3. The average Bonchev–Trinajstić information content (AvgIpc) is 3.49. The van der Waals surface area contributed by atoms with E-state index in [1.54, 1.807) is 44.3 Å². The van der Waals surface area contributed by atoms with Crippen molar-refractivity contribution in [1.29, 1.82) is 0 Å². The molecule has 0 atom stereocenters. The first-order chi connectivity index (χ1) is 13.6. The Kier molecular flexibility index (Phi) is 4.73. The lowest BCUT2D eigenvalue weighted by molar-refractivity contribution is 0.101. The van der Waals surface area contributed by atoms with Crippen molar-refractivity contribution in [3.05, 3.63) is 53.9 Å². The van der Waals surface area contributed by atoms with Crippen LogP contribution in [0.4, 0.5) is 5.82 Å². The molecule has 0 unspecified atom stereocenters. The van der Waals surface area contributed by atoms with Crippen LogP contribution in [0, 0.1) is 0 Å². The fraction of sp³-hybridized carbons (Fsp3) is 0.286. The molecule has 1 N–H and O–H groups in total. The van der Waals surface area contributed by atoms with E-state index >= 15 is 0 Å². The minimum absolute atomic E-state index is 0.199. The number of carbonyl (C=O) groups excluding carboxylic acids is 1. The number of aromatic nitrogens is 3. The lowest BCUT2D eigenvalue weighted by atomic mass is 10.1. The van der Waals surface area contributed by atoms with Crippen molar-refractivity contribution >= 4 is 11.7 Å². The Morgan fingerprint density at radius 1 is 1.14 bits per heavy atom. The molecule has 1 amide bonds. The van der Waals surface area contributed by atoms with Crippen LogP contribution in [-0.4, -0.2) is 34.9 Å². The summed E-state index contributed by atoms with van der Waals surface area (Å²) >= 11 is 0. The molecule has 1 aliphatic rings. The summed E-state index contributed by atoms with van der Waals surface area (Å²) in [5.41, 5.74) is 3.15. The van der Waals surface area contributed by atoms with Gasteiger partial charge in [-0.1, -0.05) is 6.07 Å². The highest BCUT2D eigenvalue weighted by molar-refractivity contribution is 6.03. The summed E-state index contributed by atoms with van der Waals surface area (Å²) in [6.45, 7) is 0. The van der Waals surface area contributed by atoms with E-state index in [2.05, 4.69) is 15.4 Å². The van der Waals surface area contributed by atoms with Crippen LogP contribution in [0.2, 0.25) is 0 Å². The van der Waals surface area contributed by atoms with Crippen LogP contribution >= 0.6 is 0 Å². The smallest absolute Gasteiger partial charge is 0.275 e.